The van der Waals surface area contributed by atoms with Gasteiger partial charge in [0.2, 0.25) is 21.7 Å². The molecule has 1 aliphatic rings. The summed E-state index contributed by atoms with van der Waals surface area (Å²) in [6, 6.07) is 8.91. The zero-order valence-corrected chi connectivity index (χ0v) is 20.4. The summed E-state index contributed by atoms with van der Waals surface area (Å²) in [5.41, 5.74) is -0.424. The average Bonchev–Trinajstić information content (AvgIpc) is 3.25. The van der Waals surface area contributed by atoms with Crippen molar-refractivity contribution in [3.8, 4) is 0 Å². The number of amides is 1. The summed E-state index contributed by atoms with van der Waals surface area (Å²) in [6.07, 6.45) is 3.46. The maximum atomic E-state index is 14.0. The molecule has 1 saturated heterocycles. The summed E-state index contributed by atoms with van der Waals surface area (Å²) in [5, 5.41) is 17.2. The van der Waals surface area contributed by atoms with E-state index in [0.29, 0.717) is 12.8 Å². The first kappa shape index (κ1) is 26.1. The molecule has 0 saturated carbocycles. The lowest BCUT2D eigenvalue weighted by atomic mass is 9.98. The number of aromatic nitrogens is 1. The van der Waals surface area contributed by atoms with Crippen LogP contribution in [-0.4, -0.2) is 41.8 Å². The van der Waals surface area contributed by atoms with Gasteiger partial charge < -0.3 is 9.84 Å². The van der Waals surface area contributed by atoms with Crippen LogP contribution in [0.1, 0.15) is 29.9 Å². The SMILES string of the molecule is Cc1noc(/C=C/c2ccccc2F)c1S(=O)(=O)N1CCC[C@H](C(=O)Nc2ccc(F)c([N+](=O)[O-])c2)C1. The highest BCUT2D eigenvalue weighted by atomic mass is 32.2. The van der Waals surface area contributed by atoms with Crippen molar-refractivity contribution >= 4 is 39.5 Å². The molecule has 1 aliphatic heterocycles. The highest BCUT2D eigenvalue weighted by molar-refractivity contribution is 7.89. The normalized spacial score (nSPS) is 16.7. The summed E-state index contributed by atoms with van der Waals surface area (Å²) in [4.78, 5) is 22.7. The van der Waals surface area contributed by atoms with Crippen molar-refractivity contribution in [3.63, 3.8) is 0 Å². The molecule has 2 aromatic carbocycles. The highest BCUT2D eigenvalue weighted by Crippen LogP contribution is 2.30. The number of sulfonamides is 1. The minimum Gasteiger partial charge on any atom is -0.355 e. The first-order valence-electron chi connectivity index (χ1n) is 11.2. The number of aryl methyl sites for hydroxylation is 1. The van der Waals surface area contributed by atoms with Gasteiger partial charge in [-0.15, -0.1) is 0 Å². The predicted molar refractivity (Wildman–Crippen MR) is 130 cm³/mol. The van der Waals surface area contributed by atoms with Crippen LogP contribution in [0.15, 0.2) is 51.9 Å². The Kier molecular flexibility index (Phi) is 7.45. The van der Waals surface area contributed by atoms with Gasteiger partial charge >= 0.3 is 5.69 Å². The molecule has 0 spiro atoms. The number of carbonyl (C=O) groups is 1. The number of nitro groups is 1. The Labute approximate surface area is 210 Å². The third-order valence-electron chi connectivity index (χ3n) is 5.92. The van der Waals surface area contributed by atoms with Crippen LogP contribution in [0.4, 0.5) is 20.2 Å². The minimum absolute atomic E-state index is 0.0218. The number of halogens is 2. The number of nitrogens with zero attached hydrogens (tertiary/aromatic N) is 3. The maximum Gasteiger partial charge on any atom is 0.306 e. The lowest BCUT2D eigenvalue weighted by molar-refractivity contribution is -0.387. The smallest absolute Gasteiger partial charge is 0.306 e. The van der Waals surface area contributed by atoms with Crippen LogP contribution in [-0.2, 0) is 14.8 Å². The lowest BCUT2D eigenvalue weighted by Gasteiger charge is -2.31. The molecule has 0 bridgehead atoms. The van der Waals surface area contributed by atoms with Gasteiger partial charge in [-0.1, -0.05) is 23.4 Å². The number of anilines is 1. The molecule has 0 radical (unpaired) electrons. The Morgan fingerprint density at radius 1 is 1.22 bits per heavy atom. The third kappa shape index (κ3) is 5.57. The second-order valence-electron chi connectivity index (χ2n) is 8.43. The fourth-order valence-corrected chi connectivity index (χ4v) is 5.83. The number of hydrogen-bond donors (Lipinski definition) is 1. The van der Waals surface area contributed by atoms with E-state index < -0.39 is 44.1 Å². The largest absolute Gasteiger partial charge is 0.355 e. The van der Waals surface area contributed by atoms with E-state index in [1.165, 1.54) is 43.3 Å². The van der Waals surface area contributed by atoms with Crippen molar-refractivity contribution in [2.45, 2.75) is 24.7 Å². The van der Waals surface area contributed by atoms with Gasteiger partial charge in [-0.2, -0.15) is 8.70 Å². The fraction of sp³-hybridized carbons (Fsp3) is 0.250. The van der Waals surface area contributed by atoms with Crippen LogP contribution in [0.25, 0.3) is 12.2 Å². The van der Waals surface area contributed by atoms with Crippen LogP contribution in [0.2, 0.25) is 0 Å². The zero-order valence-electron chi connectivity index (χ0n) is 19.6. The topological polar surface area (TPSA) is 136 Å². The third-order valence-corrected chi connectivity index (χ3v) is 7.94. The van der Waals surface area contributed by atoms with Crippen LogP contribution >= 0.6 is 0 Å². The molecule has 1 fully saturated rings. The molecule has 37 heavy (non-hydrogen) atoms. The molecule has 1 N–H and O–H groups in total. The molecular formula is C24H22F2N4O6S. The van der Waals surface area contributed by atoms with Gasteiger partial charge in [-0.05, 0) is 50.1 Å². The van der Waals surface area contributed by atoms with Crippen LogP contribution in [0.3, 0.4) is 0 Å². The quantitative estimate of drug-likeness (QED) is 0.352. The highest BCUT2D eigenvalue weighted by Gasteiger charge is 2.37. The average molecular weight is 533 g/mol. The number of nitrogens with one attached hydrogen (secondary N) is 1. The van der Waals surface area contributed by atoms with Gasteiger partial charge in [0.05, 0.1) is 10.8 Å². The van der Waals surface area contributed by atoms with Crippen molar-refractivity contribution in [1.82, 2.24) is 9.46 Å². The van der Waals surface area contributed by atoms with E-state index in [0.717, 1.165) is 16.4 Å². The maximum absolute atomic E-state index is 14.0. The van der Waals surface area contributed by atoms with E-state index in [1.807, 2.05) is 0 Å². The minimum atomic E-state index is -4.14. The second kappa shape index (κ2) is 10.6. The monoisotopic (exact) mass is 532 g/mol. The van der Waals surface area contributed by atoms with E-state index >= 15 is 0 Å². The molecule has 3 aromatic rings. The van der Waals surface area contributed by atoms with Crippen molar-refractivity contribution in [2.24, 2.45) is 5.92 Å². The Morgan fingerprint density at radius 2 is 1.97 bits per heavy atom. The molecular weight excluding hydrogens is 510 g/mol. The van der Waals surface area contributed by atoms with Crippen LogP contribution in [0, 0.1) is 34.6 Å². The van der Waals surface area contributed by atoms with E-state index in [4.69, 9.17) is 4.52 Å². The molecule has 1 atom stereocenters. The molecule has 13 heteroatoms. The zero-order chi connectivity index (χ0) is 26.7. The molecule has 4 rings (SSSR count). The number of nitro benzene ring substituents is 1. The summed E-state index contributed by atoms with van der Waals surface area (Å²) in [7, 11) is -4.14. The first-order chi connectivity index (χ1) is 17.6. The Balaban J connectivity index is 1.53. The van der Waals surface area contributed by atoms with Crippen molar-refractivity contribution in [3.05, 3.63) is 81.2 Å². The summed E-state index contributed by atoms with van der Waals surface area (Å²) in [6.45, 7) is 1.46. The molecule has 0 unspecified atom stereocenters. The van der Waals surface area contributed by atoms with E-state index in [2.05, 4.69) is 10.5 Å². The van der Waals surface area contributed by atoms with Gasteiger partial charge in [0.15, 0.2) is 10.7 Å². The second-order valence-corrected chi connectivity index (χ2v) is 10.3. The first-order valence-corrected chi connectivity index (χ1v) is 12.7. The number of piperidine rings is 1. The number of carbonyl (C=O) groups excluding carboxylic acids is 1. The number of benzene rings is 2. The van der Waals surface area contributed by atoms with E-state index in [9.17, 15) is 32.1 Å². The molecule has 10 nitrogen and oxygen atoms in total. The number of hydrogen-bond acceptors (Lipinski definition) is 7. The molecule has 1 aromatic heterocycles. The Hall–Kier alpha value is -3.97. The van der Waals surface area contributed by atoms with Crippen molar-refractivity contribution < 1.29 is 31.4 Å². The molecule has 0 aliphatic carbocycles. The molecule has 2 heterocycles. The van der Waals surface area contributed by atoms with Gasteiger partial charge in [-0.3, -0.25) is 14.9 Å². The van der Waals surface area contributed by atoms with Crippen LogP contribution < -0.4 is 5.32 Å². The lowest BCUT2D eigenvalue weighted by Crippen LogP contribution is -2.43. The fourth-order valence-electron chi connectivity index (χ4n) is 4.05. The van der Waals surface area contributed by atoms with Gasteiger partial charge in [-0.25, -0.2) is 12.8 Å². The predicted octanol–water partition coefficient (Wildman–Crippen LogP) is 4.38. The standard InChI is InChI=1S/C24H22F2N4O6S/c1-15-23(22(36-28-15)11-8-16-5-2-3-7-19(16)25)37(34,35)29-12-4-6-17(14-29)24(31)27-18-9-10-20(26)21(13-18)30(32)33/h2-3,5,7-11,13,17H,4,6,12,14H2,1H3,(H,27,31)/b11-8+/t17-/m0/s1. The van der Waals surface area contributed by atoms with Gasteiger partial charge in [0.1, 0.15) is 11.5 Å². The van der Waals surface area contributed by atoms with E-state index in [-0.39, 0.29) is 40.7 Å². The summed E-state index contributed by atoms with van der Waals surface area (Å²) in [5.74, 6) is -2.92. The van der Waals surface area contributed by atoms with Crippen LogP contribution in [0.5, 0.6) is 0 Å². The van der Waals surface area contributed by atoms with Gasteiger partial charge in [0.25, 0.3) is 0 Å². The van der Waals surface area contributed by atoms with Gasteiger partial charge in [0, 0.05) is 30.4 Å². The van der Waals surface area contributed by atoms with E-state index in [1.54, 1.807) is 6.07 Å². The molecule has 194 valence electrons. The summed E-state index contributed by atoms with van der Waals surface area (Å²) >= 11 is 0. The van der Waals surface area contributed by atoms with Crippen molar-refractivity contribution in [2.75, 3.05) is 18.4 Å². The van der Waals surface area contributed by atoms with Crippen molar-refractivity contribution in [1.29, 1.82) is 0 Å². The number of rotatable bonds is 7. The molecule has 1 amide bonds. The Morgan fingerprint density at radius 3 is 2.70 bits per heavy atom. The summed E-state index contributed by atoms with van der Waals surface area (Å²) < 4.78 is 61.0. The Bertz CT molecular complexity index is 1490.